The van der Waals surface area contributed by atoms with Gasteiger partial charge in [0.2, 0.25) is 0 Å². The minimum absolute atomic E-state index is 0.178. The summed E-state index contributed by atoms with van der Waals surface area (Å²) in [7, 11) is 0. The number of benzene rings is 2. The topological polar surface area (TPSA) is 75.9 Å². The number of hydrogen-bond donors (Lipinski definition) is 2. The summed E-state index contributed by atoms with van der Waals surface area (Å²) in [5.74, 6) is -0.191. The van der Waals surface area contributed by atoms with Gasteiger partial charge in [-0.05, 0) is 46.3 Å². The van der Waals surface area contributed by atoms with Gasteiger partial charge in [0.25, 0.3) is 0 Å². The highest BCUT2D eigenvalue weighted by Crippen LogP contribution is 2.20. The number of hydrogen-bond acceptors (Lipinski definition) is 5. The first-order valence-electron chi connectivity index (χ1n) is 6.27. The Balaban J connectivity index is 1.80. The third-order valence-corrected chi connectivity index (χ3v) is 2.96. The van der Waals surface area contributed by atoms with Crippen molar-refractivity contribution in [1.82, 2.24) is 20.2 Å². The smallest absolute Gasteiger partial charge is 0.146 e. The van der Waals surface area contributed by atoms with Crippen molar-refractivity contribution >= 4 is 5.69 Å². The Hall–Kier alpha value is -2.96. The standard InChI is InChI=1S/C14H12FN5O/c15-13-5-4-11(20-9-17-18-19-20)7-14(13)16-8-10-2-1-3-12(21)6-10/h1-7,9,16,21H,8H2. The highest BCUT2D eigenvalue weighted by atomic mass is 19.1. The molecule has 3 rings (SSSR count). The number of phenolic OH excluding ortho intramolecular Hbond substituents is 1. The second kappa shape index (κ2) is 5.58. The minimum Gasteiger partial charge on any atom is -0.508 e. The zero-order valence-corrected chi connectivity index (χ0v) is 10.9. The Morgan fingerprint density at radius 1 is 1.19 bits per heavy atom. The maximum atomic E-state index is 13.8. The molecular formula is C14H12FN5O. The molecule has 1 aromatic heterocycles. The third kappa shape index (κ3) is 2.97. The van der Waals surface area contributed by atoms with E-state index in [0.717, 1.165) is 5.56 Å². The molecule has 7 heteroatoms. The number of rotatable bonds is 4. The highest BCUT2D eigenvalue weighted by Gasteiger charge is 2.06. The molecule has 0 bridgehead atoms. The van der Waals surface area contributed by atoms with E-state index >= 15 is 0 Å². The van der Waals surface area contributed by atoms with Crippen LogP contribution in [0.1, 0.15) is 5.56 Å². The predicted octanol–water partition coefficient (Wildman–Crippen LogP) is 2.12. The molecule has 2 aromatic carbocycles. The van der Waals surface area contributed by atoms with Gasteiger partial charge in [-0.15, -0.1) is 5.10 Å². The van der Waals surface area contributed by atoms with Crippen molar-refractivity contribution < 1.29 is 9.50 Å². The van der Waals surface area contributed by atoms with Crippen LogP contribution in [0.5, 0.6) is 5.75 Å². The fourth-order valence-corrected chi connectivity index (χ4v) is 1.93. The number of aromatic hydroxyl groups is 1. The van der Waals surface area contributed by atoms with E-state index in [1.807, 2.05) is 6.07 Å². The fourth-order valence-electron chi connectivity index (χ4n) is 1.93. The van der Waals surface area contributed by atoms with Gasteiger partial charge < -0.3 is 10.4 Å². The quantitative estimate of drug-likeness (QED) is 0.768. The Morgan fingerprint density at radius 2 is 2.10 bits per heavy atom. The SMILES string of the molecule is Oc1cccc(CNc2cc(-n3cnnn3)ccc2F)c1. The third-order valence-electron chi connectivity index (χ3n) is 2.96. The molecule has 0 saturated heterocycles. The van der Waals surface area contributed by atoms with Crippen LogP contribution in [-0.2, 0) is 6.54 Å². The summed E-state index contributed by atoms with van der Waals surface area (Å²) in [5.41, 5.74) is 1.84. The molecule has 0 amide bonds. The van der Waals surface area contributed by atoms with E-state index in [2.05, 4.69) is 20.8 Å². The van der Waals surface area contributed by atoms with Gasteiger partial charge >= 0.3 is 0 Å². The molecule has 0 radical (unpaired) electrons. The first-order chi connectivity index (χ1) is 10.2. The van der Waals surface area contributed by atoms with E-state index in [4.69, 9.17) is 0 Å². The molecule has 2 N–H and O–H groups in total. The first kappa shape index (κ1) is 13.0. The number of nitrogens with one attached hydrogen (secondary N) is 1. The molecule has 21 heavy (non-hydrogen) atoms. The van der Waals surface area contributed by atoms with Gasteiger partial charge in [0.1, 0.15) is 17.9 Å². The number of phenols is 1. The van der Waals surface area contributed by atoms with Crippen molar-refractivity contribution in [3.8, 4) is 11.4 Å². The van der Waals surface area contributed by atoms with Crippen LogP contribution in [0.25, 0.3) is 5.69 Å². The largest absolute Gasteiger partial charge is 0.508 e. The lowest BCUT2D eigenvalue weighted by molar-refractivity contribution is 0.474. The lowest BCUT2D eigenvalue weighted by atomic mass is 10.2. The summed E-state index contributed by atoms with van der Waals surface area (Å²) >= 11 is 0. The van der Waals surface area contributed by atoms with Crippen molar-refractivity contribution in [3.63, 3.8) is 0 Å². The average Bonchev–Trinajstić information content (AvgIpc) is 3.01. The predicted molar refractivity (Wildman–Crippen MR) is 74.5 cm³/mol. The Labute approximate surface area is 119 Å². The van der Waals surface area contributed by atoms with Gasteiger partial charge in [-0.2, -0.15) is 0 Å². The van der Waals surface area contributed by atoms with Crippen LogP contribution in [0.2, 0.25) is 0 Å². The van der Waals surface area contributed by atoms with Crippen molar-refractivity contribution in [1.29, 1.82) is 0 Å². The number of tetrazole rings is 1. The number of anilines is 1. The van der Waals surface area contributed by atoms with Crippen LogP contribution in [0.3, 0.4) is 0 Å². The second-order valence-electron chi connectivity index (χ2n) is 4.44. The minimum atomic E-state index is -0.369. The van der Waals surface area contributed by atoms with Crippen LogP contribution in [0, 0.1) is 5.82 Å². The fraction of sp³-hybridized carbons (Fsp3) is 0.0714. The molecule has 0 aliphatic heterocycles. The summed E-state index contributed by atoms with van der Waals surface area (Å²) < 4.78 is 15.3. The van der Waals surface area contributed by atoms with E-state index < -0.39 is 0 Å². The number of halogens is 1. The van der Waals surface area contributed by atoms with Gasteiger partial charge in [0, 0.05) is 6.54 Å². The Kier molecular flexibility index (Phi) is 3.46. The van der Waals surface area contributed by atoms with Gasteiger partial charge in [-0.25, -0.2) is 9.07 Å². The van der Waals surface area contributed by atoms with Crippen LogP contribution in [0.4, 0.5) is 10.1 Å². The molecule has 0 unspecified atom stereocenters. The summed E-state index contributed by atoms with van der Waals surface area (Å²) in [4.78, 5) is 0. The summed E-state index contributed by atoms with van der Waals surface area (Å²) in [6.07, 6.45) is 1.44. The summed E-state index contributed by atoms with van der Waals surface area (Å²) in [5, 5.41) is 23.2. The van der Waals surface area contributed by atoms with E-state index in [1.165, 1.54) is 17.1 Å². The summed E-state index contributed by atoms with van der Waals surface area (Å²) in [6, 6.07) is 11.3. The first-order valence-corrected chi connectivity index (χ1v) is 6.27. The highest BCUT2D eigenvalue weighted by molar-refractivity contribution is 5.52. The lowest BCUT2D eigenvalue weighted by Crippen LogP contribution is -2.03. The Morgan fingerprint density at radius 3 is 2.86 bits per heavy atom. The number of nitrogens with zero attached hydrogens (tertiary/aromatic N) is 4. The summed E-state index contributed by atoms with van der Waals surface area (Å²) in [6.45, 7) is 0.393. The van der Waals surface area contributed by atoms with Crippen LogP contribution >= 0.6 is 0 Å². The van der Waals surface area contributed by atoms with Gasteiger partial charge in [0.05, 0.1) is 11.4 Å². The molecule has 0 aliphatic carbocycles. The van der Waals surface area contributed by atoms with Crippen molar-refractivity contribution in [2.75, 3.05) is 5.32 Å². The van der Waals surface area contributed by atoms with E-state index in [0.29, 0.717) is 17.9 Å². The normalized spacial score (nSPS) is 10.5. The van der Waals surface area contributed by atoms with Crippen molar-refractivity contribution in [2.24, 2.45) is 0 Å². The maximum Gasteiger partial charge on any atom is 0.146 e. The molecule has 3 aromatic rings. The molecule has 0 aliphatic rings. The van der Waals surface area contributed by atoms with Crippen LogP contribution < -0.4 is 5.32 Å². The monoisotopic (exact) mass is 285 g/mol. The van der Waals surface area contributed by atoms with Crippen LogP contribution in [0.15, 0.2) is 48.8 Å². The lowest BCUT2D eigenvalue weighted by Gasteiger charge is -2.09. The molecule has 106 valence electrons. The average molecular weight is 285 g/mol. The van der Waals surface area contributed by atoms with Gasteiger partial charge in [-0.3, -0.25) is 0 Å². The zero-order valence-electron chi connectivity index (χ0n) is 10.9. The van der Waals surface area contributed by atoms with Crippen molar-refractivity contribution in [2.45, 2.75) is 6.54 Å². The molecular weight excluding hydrogens is 273 g/mol. The van der Waals surface area contributed by atoms with Crippen LogP contribution in [-0.4, -0.2) is 25.3 Å². The molecule has 0 saturated carbocycles. The molecule has 0 fully saturated rings. The Bertz CT molecular complexity index is 745. The van der Waals surface area contributed by atoms with Gasteiger partial charge in [-0.1, -0.05) is 12.1 Å². The van der Waals surface area contributed by atoms with E-state index in [-0.39, 0.29) is 11.6 Å². The molecule has 1 heterocycles. The van der Waals surface area contributed by atoms with Gasteiger partial charge in [0.15, 0.2) is 0 Å². The number of aromatic nitrogens is 4. The van der Waals surface area contributed by atoms with E-state index in [1.54, 1.807) is 30.3 Å². The second-order valence-corrected chi connectivity index (χ2v) is 4.44. The van der Waals surface area contributed by atoms with E-state index in [9.17, 15) is 9.50 Å². The molecule has 6 nitrogen and oxygen atoms in total. The zero-order chi connectivity index (χ0) is 14.7. The molecule has 0 spiro atoms. The molecule has 0 atom stereocenters. The maximum absolute atomic E-state index is 13.8. The van der Waals surface area contributed by atoms with Crippen molar-refractivity contribution in [3.05, 3.63) is 60.2 Å².